The molecule has 5 nitrogen and oxygen atoms in total. The lowest BCUT2D eigenvalue weighted by Gasteiger charge is -2.32. The Balaban J connectivity index is 2.76. The summed E-state index contributed by atoms with van der Waals surface area (Å²) in [6, 6.07) is 0. The molecule has 0 aromatic heterocycles. The summed E-state index contributed by atoms with van der Waals surface area (Å²) < 4.78 is 0. The van der Waals surface area contributed by atoms with Gasteiger partial charge in [-0.15, -0.1) is 0 Å². The largest absolute Gasteiger partial charge is 0.370 e. The summed E-state index contributed by atoms with van der Waals surface area (Å²) in [5.41, 5.74) is 4.47. The second kappa shape index (κ2) is 3.33. The van der Waals surface area contributed by atoms with Crippen LogP contribution < -0.4 is 16.4 Å². The summed E-state index contributed by atoms with van der Waals surface area (Å²) >= 11 is 0. The lowest BCUT2D eigenvalue weighted by Crippen LogP contribution is -2.56. The fourth-order valence-electron chi connectivity index (χ4n) is 1.51. The van der Waals surface area contributed by atoms with Gasteiger partial charge in [-0.3, -0.25) is 14.9 Å². The topological polar surface area (TPSA) is 84.2 Å². The summed E-state index contributed by atoms with van der Waals surface area (Å²) in [6.07, 6.45) is 0.135. The van der Waals surface area contributed by atoms with Crippen molar-refractivity contribution < 1.29 is 9.59 Å². The molecule has 1 rings (SSSR count). The number of hydrogen-bond acceptors (Lipinski definition) is 3. The Morgan fingerprint density at radius 1 is 1.69 bits per heavy atom. The summed E-state index contributed by atoms with van der Waals surface area (Å²) in [7, 11) is 0. The van der Waals surface area contributed by atoms with Crippen LogP contribution in [-0.2, 0) is 9.59 Å². The highest BCUT2D eigenvalue weighted by molar-refractivity contribution is 5.83. The molecule has 1 aliphatic rings. The lowest BCUT2D eigenvalue weighted by molar-refractivity contribution is -0.121. The predicted octanol–water partition coefficient (Wildman–Crippen LogP) is -1.07. The van der Waals surface area contributed by atoms with E-state index in [1.165, 1.54) is 0 Å². The molecule has 4 N–H and O–H groups in total. The second-order valence-electron chi connectivity index (χ2n) is 3.67. The van der Waals surface area contributed by atoms with Crippen LogP contribution in [0.15, 0.2) is 0 Å². The maximum absolute atomic E-state index is 11.0. The average Bonchev–Trinajstić information content (AvgIpc) is 2.31. The molecule has 1 fully saturated rings. The lowest BCUT2D eigenvalue weighted by atomic mass is 9.93. The van der Waals surface area contributed by atoms with Crippen molar-refractivity contribution in [3.63, 3.8) is 0 Å². The standard InChI is InChI=1S/C8H15N3O2/c1-5(2)8(3-6(9)12)10-4-7(13)11-8/h5,10H,3-4H2,1-2H3,(H2,9,12)(H,11,13). The average molecular weight is 185 g/mol. The molecular formula is C8H15N3O2. The number of primary amides is 1. The molecule has 1 heterocycles. The highest BCUT2D eigenvalue weighted by atomic mass is 16.2. The number of nitrogens with one attached hydrogen (secondary N) is 2. The van der Waals surface area contributed by atoms with Crippen molar-refractivity contribution >= 4 is 11.8 Å². The van der Waals surface area contributed by atoms with Crippen LogP contribution in [0.25, 0.3) is 0 Å². The summed E-state index contributed by atoms with van der Waals surface area (Å²) in [5.74, 6) is -0.371. The van der Waals surface area contributed by atoms with Gasteiger partial charge in [0.25, 0.3) is 0 Å². The van der Waals surface area contributed by atoms with E-state index in [0.717, 1.165) is 0 Å². The Kier molecular flexibility index (Phi) is 2.56. The first kappa shape index (κ1) is 9.98. The van der Waals surface area contributed by atoms with Crippen molar-refractivity contribution in [3.05, 3.63) is 0 Å². The van der Waals surface area contributed by atoms with Crippen molar-refractivity contribution in [1.82, 2.24) is 10.6 Å². The van der Waals surface area contributed by atoms with Gasteiger partial charge >= 0.3 is 0 Å². The van der Waals surface area contributed by atoms with Crippen molar-refractivity contribution in [2.45, 2.75) is 25.9 Å². The van der Waals surface area contributed by atoms with E-state index in [-0.39, 0.29) is 24.8 Å². The molecule has 0 aromatic rings. The van der Waals surface area contributed by atoms with E-state index < -0.39 is 11.6 Å². The van der Waals surface area contributed by atoms with E-state index in [0.29, 0.717) is 0 Å². The Bertz CT molecular complexity index is 240. The number of hydrogen-bond donors (Lipinski definition) is 3. The van der Waals surface area contributed by atoms with Crippen molar-refractivity contribution in [1.29, 1.82) is 0 Å². The number of nitrogens with two attached hydrogens (primary N) is 1. The minimum atomic E-state index is -0.636. The predicted molar refractivity (Wildman–Crippen MR) is 47.5 cm³/mol. The van der Waals surface area contributed by atoms with Crippen molar-refractivity contribution in [2.75, 3.05) is 6.54 Å². The second-order valence-corrected chi connectivity index (χ2v) is 3.67. The van der Waals surface area contributed by atoms with Crippen LogP contribution in [0, 0.1) is 5.92 Å². The first-order chi connectivity index (χ1) is 5.96. The van der Waals surface area contributed by atoms with E-state index in [2.05, 4.69) is 10.6 Å². The van der Waals surface area contributed by atoms with Crippen LogP contribution in [0.3, 0.4) is 0 Å². The van der Waals surface area contributed by atoms with Gasteiger partial charge in [0.2, 0.25) is 11.8 Å². The molecule has 2 amide bonds. The third-order valence-electron chi connectivity index (χ3n) is 2.37. The highest BCUT2D eigenvalue weighted by Crippen LogP contribution is 2.20. The zero-order chi connectivity index (χ0) is 10.1. The number of rotatable bonds is 3. The fraction of sp³-hybridized carbons (Fsp3) is 0.750. The third-order valence-corrected chi connectivity index (χ3v) is 2.37. The Morgan fingerprint density at radius 3 is 2.62 bits per heavy atom. The van der Waals surface area contributed by atoms with Gasteiger partial charge < -0.3 is 11.1 Å². The van der Waals surface area contributed by atoms with E-state index in [1.54, 1.807) is 0 Å². The quantitative estimate of drug-likeness (QED) is 0.523. The van der Waals surface area contributed by atoms with Crippen LogP contribution in [0.5, 0.6) is 0 Å². The van der Waals surface area contributed by atoms with Crippen LogP contribution in [0.2, 0.25) is 0 Å². The number of amides is 2. The minimum Gasteiger partial charge on any atom is -0.370 e. The highest BCUT2D eigenvalue weighted by Gasteiger charge is 2.41. The minimum absolute atomic E-state index is 0.0880. The fourth-order valence-corrected chi connectivity index (χ4v) is 1.51. The van der Waals surface area contributed by atoms with Gasteiger partial charge in [0.1, 0.15) is 5.66 Å². The normalized spacial score (nSPS) is 27.8. The smallest absolute Gasteiger partial charge is 0.235 e. The van der Waals surface area contributed by atoms with Crippen molar-refractivity contribution in [2.24, 2.45) is 11.7 Å². The van der Waals surface area contributed by atoms with Gasteiger partial charge in [-0.1, -0.05) is 13.8 Å². The maximum atomic E-state index is 11.0. The summed E-state index contributed by atoms with van der Waals surface area (Å²) in [5, 5.41) is 5.74. The SMILES string of the molecule is CC(C)C1(CC(N)=O)NCC(=O)N1. The van der Waals surface area contributed by atoms with E-state index >= 15 is 0 Å². The van der Waals surface area contributed by atoms with E-state index in [1.807, 2.05) is 13.8 Å². The molecule has 0 aliphatic carbocycles. The molecule has 1 saturated heterocycles. The zero-order valence-electron chi connectivity index (χ0n) is 7.89. The van der Waals surface area contributed by atoms with Crippen LogP contribution in [0.4, 0.5) is 0 Å². The first-order valence-electron chi connectivity index (χ1n) is 4.30. The Morgan fingerprint density at radius 2 is 2.31 bits per heavy atom. The Hall–Kier alpha value is -1.10. The summed E-state index contributed by atoms with van der Waals surface area (Å²) in [4.78, 5) is 21.8. The molecule has 5 heteroatoms. The van der Waals surface area contributed by atoms with Crippen LogP contribution in [-0.4, -0.2) is 24.0 Å². The van der Waals surface area contributed by atoms with E-state index in [4.69, 9.17) is 5.73 Å². The monoisotopic (exact) mass is 185 g/mol. The van der Waals surface area contributed by atoms with Gasteiger partial charge in [-0.25, -0.2) is 0 Å². The first-order valence-corrected chi connectivity index (χ1v) is 4.30. The number of carbonyl (C=O) groups is 2. The molecule has 0 bridgehead atoms. The van der Waals surface area contributed by atoms with Gasteiger partial charge in [-0.2, -0.15) is 0 Å². The molecule has 0 aromatic carbocycles. The molecule has 0 spiro atoms. The molecule has 74 valence electrons. The van der Waals surface area contributed by atoms with Gasteiger partial charge in [-0.05, 0) is 5.92 Å². The van der Waals surface area contributed by atoms with Gasteiger partial charge in [0, 0.05) is 0 Å². The molecule has 13 heavy (non-hydrogen) atoms. The third kappa shape index (κ3) is 1.98. The molecule has 0 radical (unpaired) electrons. The zero-order valence-corrected chi connectivity index (χ0v) is 7.89. The maximum Gasteiger partial charge on any atom is 0.235 e. The molecule has 0 saturated carbocycles. The molecule has 1 aliphatic heterocycles. The van der Waals surface area contributed by atoms with Gasteiger partial charge in [0.15, 0.2) is 0 Å². The van der Waals surface area contributed by atoms with Crippen LogP contribution >= 0.6 is 0 Å². The van der Waals surface area contributed by atoms with Crippen LogP contribution in [0.1, 0.15) is 20.3 Å². The molecule has 1 unspecified atom stereocenters. The summed E-state index contributed by atoms with van der Waals surface area (Å²) in [6.45, 7) is 4.12. The van der Waals surface area contributed by atoms with Crippen molar-refractivity contribution in [3.8, 4) is 0 Å². The van der Waals surface area contributed by atoms with Gasteiger partial charge in [0.05, 0.1) is 13.0 Å². The molecule has 1 atom stereocenters. The molecular weight excluding hydrogens is 170 g/mol. The Labute approximate surface area is 77.1 Å². The van der Waals surface area contributed by atoms with E-state index in [9.17, 15) is 9.59 Å². The number of carbonyl (C=O) groups excluding carboxylic acids is 2.